The van der Waals surface area contributed by atoms with Crippen LogP contribution in [0.1, 0.15) is 15.9 Å². The average molecular weight is 607 g/mol. The lowest BCUT2D eigenvalue weighted by Crippen LogP contribution is -2.30. The Labute approximate surface area is 258 Å². The second-order valence-electron chi connectivity index (χ2n) is 9.59. The maximum Gasteiger partial charge on any atom is 0.272 e. The first kappa shape index (κ1) is 30.0. The highest BCUT2D eigenvalue weighted by molar-refractivity contribution is 8.00. The van der Waals surface area contributed by atoms with Gasteiger partial charge < -0.3 is 30.4 Å². The van der Waals surface area contributed by atoms with Crippen LogP contribution in [0.25, 0.3) is 17.0 Å². The molecule has 0 fully saturated rings. The average Bonchev–Trinajstić information content (AvgIpc) is 3.52. The monoisotopic (exact) mass is 606 g/mol. The number of aromatic nitrogens is 1. The van der Waals surface area contributed by atoms with Crippen LogP contribution in [-0.4, -0.2) is 42.7 Å². The highest BCUT2D eigenvalue weighted by atomic mass is 32.2. The zero-order chi connectivity index (χ0) is 30.9. The van der Waals surface area contributed by atoms with Crippen molar-refractivity contribution in [3.8, 4) is 11.5 Å². The molecule has 0 atom stereocenters. The van der Waals surface area contributed by atoms with Crippen LogP contribution in [0.2, 0.25) is 0 Å². The fourth-order valence-electron chi connectivity index (χ4n) is 4.39. The van der Waals surface area contributed by atoms with Crippen molar-refractivity contribution in [1.82, 2.24) is 10.3 Å². The molecule has 44 heavy (non-hydrogen) atoms. The fraction of sp³-hybridized carbons (Fsp3) is 0.0882. The van der Waals surface area contributed by atoms with Gasteiger partial charge in [-0.15, -0.1) is 11.8 Å². The Morgan fingerprint density at radius 2 is 1.59 bits per heavy atom. The van der Waals surface area contributed by atoms with Crippen LogP contribution in [0.3, 0.4) is 0 Å². The number of carbonyl (C=O) groups is 3. The maximum absolute atomic E-state index is 13.5. The molecule has 4 aromatic carbocycles. The molecule has 10 heteroatoms. The first-order chi connectivity index (χ1) is 21.4. The molecule has 9 nitrogen and oxygen atoms in total. The lowest BCUT2D eigenvalue weighted by Gasteiger charge is -2.13. The molecule has 4 N–H and O–H groups in total. The van der Waals surface area contributed by atoms with Crippen LogP contribution in [0.5, 0.6) is 11.5 Å². The second kappa shape index (κ2) is 14.1. The van der Waals surface area contributed by atoms with Crippen LogP contribution in [0.15, 0.2) is 114 Å². The van der Waals surface area contributed by atoms with E-state index in [0.29, 0.717) is 34.0 Å². The largest absolute Gasteiger partial charge is 0.493 e. The number of hydrogen-bond acceptors (Lipinski definition) is 6. The van der Waals surface area contributed by atoms with E-state index in [0.717, 1.165) is 15.8 Å². The Morgan fingerprint density at radius 3 is 2.39 bits per heavy atom. The lowest BCUT2D eigenvalue weighted by molar-refractivity contribution is -0.114. The number of anilines is 2. The van der Waals surface area contributed by atoms with E-state index in [1.165, 1.54) is 26.0 Å². The van der Waals surface area contributed by atoms with Gasteiger partial charge in [-0.2, -0.15) is 0 Å². The topological polar surface area (TPSA) is 122 Å². The van der Waals surface area contributed by atoms with Crippen LogP contribution in [-0.2, 0) is 9.59 Å². The molecule has 1 aromatic heterocycles. The SMILES string of the molecule is COc1ccc(/C=C(/NC(=O)c2ccccc2)C(=O)Nc2cccc(SCC(=O)Nc3ccc4cc[nH]c4c3)c2)cc1OC. The van der Waals surface area contributed by atoms with Gasteiger partial charge in [0, 0.05) is 33.5 Å². The number of benzene rings is 4. The number of methoxy groups -OCH3 is 2. The number of rotatable bonds is 11. The van der Waals surface area contributed by atoms with Crippen molar-refractivity contribution in [2.24, 2.45) is 0 Å². The zero-order valence-electron chi connectivity index (χ0n) is 24.0. The van der Waals surface area contributed by atoms with Gasteiger partial charge in [-0.1, -0.05) is 36.4 Å². The molecular weight excluding hydrogens is 576 g/mol. The van der Waals surface area contributed by atoms with Gasteiger partial charge in [0.05, 0.1) is 20.0 Å². The Kier molecular flexibility index (Phi) is 9.63. The van der Waals surface area contributed by atoms with Crippen molar-refractivity contribution in [3.63, 3.8) is 0 Å². The lowest BCUT2D eigenvalue weighted by atomic mass is 10.1. The number of fused-ring (bicyclic) bond motifs is 1. The normalized spacial score (nSPS) is 11.1. The van der Waals surface area contributed by atoms with E-state index in [4.69, 9.17) is 9.47 Å². The van der Waals surface area contributed by atoms with Crippen molar-refractivity contribution in [3.05, 3.63) is 120 Å². The van der Waals surface area contributed by atoms with Gasteiger partial charge >= 0.3 is 0 Å². The summed E-state index contributed by atoms with van der Waals surface area (Å²) in [7, 11) is 3.06. The van der Waals surface area contributed by atoms with Crippen molar-refractivity contribution < 1.29 is 23.9 Å². The van der Waals surface area contributed by atoms with Crippen LogP contribution in [0.4, 0.5) is 11.4 Å². The van der Waals surface area contributed by atoms with Gasteiger partial charge in [0.15, 0.2) is 11.5 Å². The van der Waals surface area contributed by atoms with Gasteiger partial charge in [-0.25, -0.2) is 0 Å². The Hall–Kier alpha value is -5.48. The molecule has 5 aromatic rings. The Morgan fingerprint density at radius 1 is 0.795 bits per heavy atom. The molecule has 0 saturated heterocycles. The summed E-state index contributed by atoms with van der Waals surface area (Å²) < 4.78 is 10.7. The van der Waals surface area contributed by atoms with Crippen LogP contribution >= 0.6 is 11.8 Å². The van der Waals surface area contributed by atoms with Crippen LogP contribution in [0, 0.1) is 0 Å². The number of ether oxygens (including phenoxy) is 2. The molecule has 3 amide bonds. The van der Waals surface area contributed by atoms with E-state index in [9.17, 15) is 14.4 Å². The first-order valence-corrected chi connectivity index (χ1v) is 14.6. The van der Waals surface area contributed by atoms with E-state index >= 15 is 0 Å². The number of amides is 3. The van der Waals surface area contributed by atoms with E-state index in [-0.39, 0.29) is 17.4 Å². The van der Waals surface area contributed by atoms with Crippen molar-refractivity contribution >= 4 is 57.8 Å². The molecule has 0 bridgehead atoms. The summed E-state index contributed by atoms with van der Waals surface area (Å²) in [6.45, 7) is 0. The number of nitrogens with one attached hydrogen (secondary N) is 4. The molecule has 1 heterocycles. The van der Waals surface area contributed by atoms with Crippen molar-refractivity contribution in [2.45, 2.75) is 4.90 Å². The molecule has 0 unspecified atom stereocenters. The summed E-state index contributed by atoms with van der Waals surface area (Å²) in [4.78, 5) is 43.0. The van der Waals surface area contributed by atoms with Gasteiger partial charge in [0.25, 0.3) is 11.8 Å². The highest BCUT2D eigenvalue weighted by Crippen LogP contribution is 2.29. The van der Waals surface area contributed by atoms with Gasteiger partial charge in [0.1, 0.15) is 5.70 Å². The number of thioether (sulfide) groups is 1. The van der Waals surface area contributed by atoms with Gasteiger partial charge in [-0.05, 0) is 77.7 Å². The summed E-state index contributed by atoms with van der Waals surface area (Å²) in [5.41, 5.74) is 3.21. The molecular formula is C34H30N4O5S. The molecule has 5 rings (SSSR count). The minimum absolute atomic E-state index is 0.0301. The second-order valence-corrected chi connectivity index (χ2v) is 10.6. The maximum atomic E-state index is 13.5. The predicted molar refractivity (Wildman–Crippen MR) is 174 cm³/mol. The summed E-state index contributed by atoms with van der Waals surface area (Å²) in [6.07, 6.45) is 3.41. The third-order valence-corrected chi connectivity index (χ3v) is 7.54. The molecule has 0 aliphatic carbocycles. The number of hydrogen-bond donors (Lipinski definition) is 4. The number of H-pyrrole nitrogens is 1. The van der Waals surface area contributed by atoms with E-state index < -0.39 is 11.8 Å². The third-order valence-electron chi connectivity index (χ3n) is 6.55. The first-order valence-electron chi connectivity index (χ1n) is 13.6. The standard InChI is InChI=1S/C34H30N4O5S/c1-42-30-14-11-22(18-31(30)43-2)17-29(38-33(40)24-7-4-3-5-8-24)34(41)37-25-9-6-10-27(19-25)44-21-32(39)36-26-13-12-23-15-16-35-28(23)20-26/h3-20,35H,21H2,1-2H3,(H,36,39)(H,37,41)(H,38,40)/b29-17+. The fourth-order valence-corrected chi connectivity index (χ4v) is 5.14. The van der Waals surface area contributed by atoms with Crippen molar-refractivity contribution in [2.75, 3.05) is 30.6 Å². The molecule has 0 aliphatic heterocycles. The number of carbonyl (C=O) groups excluding carboxylic acids is 3. The van der Waals surface area contributed by atoms with E-state index in [1.54, 1.807) is 72.8 Å². The zero-order valence-corrected chi connectivity index (χ0v) is 24.9. The molecule has 0 spiro atoms. The minimum Gasteiger partial charge on any atom is -0.493 e. The molecule has 0 radical (unpaired) electrons. The minimum atomic E-state index is -0.524. The molecule has 222 valence electrons. The summed E-state index contributed by atoms with van der Waals surface area (Å²) in [5, 5.41) is 9.57. The molecule has 0 aliphatic rings. The quantitative estimate of drug-likeness (QED) is 0.103. The smallest absolute Gasteiger partial charge is 0.272 e. The number of aromatic amines is 1. The van der Waals surface area contributed by atoms with Crippen LogP contribution < -0.4 is 25.4 Å². The summed E-state index contributed by atoms with van der Waals surface area (Å²) >= 11 is 1.34. The Bertz CT molecular complexity index is 1830. The van der Waals surface area contributed by atoms with E-state index in [1.807, 2.05) is 36.5 Å². The Balaban J connectivity index is 1.29. The molecule has 0 saturated carbocycles. The van der Waals surface area contributed by atoms with E-state index in [2.05, 4.69) is 20.9 Å². The van der Waals surface area contributed by atoms with Gasteiger partial charge in [-0.3, -0.25) is 14.4 Å². The highest BCUT2D eigenvalue weighted by Gasteiger charge is 2.16. The predicted octanol–water partition coefficient (Wildman–Crippen LogP) is 6.33. The van der Waals surface area contributed by atoms with Crippen molar-refractivity contribution in [1.29, 1.82) is 0 Å². The van der Waals surface area contributed by atoms with Gasteiger partial charge in [0.2, 0.25) is 5.91 Å². The summed E-state index contributed by atoms with van der Waals surface area (Å²) in [6, 6.07) is 28.6. The summed E-state index contributed by atoms with van der Waals surface area (Å²) in [5.74, 6) is 0.0844. The third kappa shape index (κ3) is 7.67.